The Morgan fingerprint density at radius 1 is 0.438 bits per heavy atom. The van der Waals surface area contributed by atoms with Gasteiger partial charge in [0.1, 0.15) is 0 Å². The van der Waals surface area contributed by atoms with Crippen LogP contribution in [0.5, 0.6) is 0 Å². The van der Waals surface area contributed by atoms with E-state index in [9.17, 15) is 28.8 Å². The predicted molar refractivity (Wildman–Crippen MR) is 292 cm³/mol. The van der Waals surface area contributed by atoms with Crippen molar-refractivity contribution >= 4 is 36.1 Å². The molecule has 440 valence electrons. The highest BCUT2D eigenvalue weighted by atomic mass is 16.8. The summed E-state index contributed by atoms with van der Waals surface area (Å²) in [6.45, 7) is 7.08. The molecule has 5 fully saturated rings. The van der Waals surface area contributed by atoms with Crippen molar-refractivity contribution in [2.24, 2.45) is 76.7 Å². The summed E-state index contributed by atoms with van der Waals surface area (Å²) < 4.78 is 42.7. The van der Waals surface area contributed by atoms with Crippen molar-refractivity contribution in [3.63, 3.8) is 0 Å². The van der Waals surface area contributed by atoms with E-state index in [0.717, 1.165) is 103 Å². The summed E-state index contributed by atoms with van der Waals surface area (Å²) in [5.41, 5.74) is 5.30. The number of nitrogens with one attached hydrogen (secondary N) is 2. The summed E-state index contributed by atoms with van der Waals surface area (Å²) >= 11 is 0. The molecule has 1 aliphatic heterocycles. The van der Waals surface area contributed by atoms with Gasteiger partial charge < -0.3 is 54.3 Å². The van der Waals surface area contributed by atoms with Crippen LogP contribution in [0, 0.1) is 118 Å². The molecule has 0 aromatic rings. The highest BCUT2D eigenvalue weighted by Crippen LogP contribution is 2.55. The molecule has 0 bridgehead atoms. The number of nitrogens with zero attached hydrogens (tertiary/aromatic N) is 1. The molecule has 9 aliphatic rings. The maximum atomic E-state index is 12.0. The lowest BCUT2D eigenvalue weighted by molar-refractivity contribution is -0.177. The summed E-state index contributed by atoms with van der Waals surface area (Å²) in [4.78, 5) is 74.3. The van der Waals surface area contributed by atoms with Gasteiger partial charge in [-0.3, -0.25) is 19.2 Å². The zero-order valence-corrected chi connectivity index (χ0v) is 46.8. The van der Waals surface area contributed by atoms with E-state index in [0.29, 0.717) is 181 Å². The van der Waals surface area contributed by atoms with Crippen molar-refractivity contribution in [1.29, 1.82) is 0 Å². The number of hydrogen-bond acceptors (Lipinski definition) is 16. The van der Waals surface area contributed by atoms with Gasteiger partial charge in [-0.1, -0.05) is 5.06 Å². The summed E-state index contributed by atoms with van der Waals surface area (Å²) in [6.07, 6.45) is 16.1. The van der Waals surface area contributed by atoms with Crippen molar-refractivity contribution < 1.29 is 71.5 Å². The lowest BCUT2D eigenvalue weighted by Gasteiger charge is -2.12. The summed E-state index contributed by atoms with van der Waals surface area (Å²) in [6, 6.07) is 0. The fourth-order valence-electron chi connectivity index (χ4n) is 12.3. The number of esters is 1. The number of hydroxylamine groups is 2. The molecule has 4 saturated carbocycles. The summed E-state index contributed by atoms with van der Waals surface area (Å²) in [5, 5.41) is 5.94. The minimum Gasteiger partial charge on any atom is -0.465 e. The molecule has 8 aliphatic carbocycles. The Morgan fingerprint density at radius 3 is 1.12 bits per heavy atom. The highest BCUT2D eigenvalue weighted by molar-refractivity contribution is 6.01. The van der Waals surface area contributed by atoms with Crippen LogP contribution in [-0.4, -0.2) is 140 Å². The van der Waals surface area contributed by atoms with Crippen molar-refractivity contribution in [2.75, 3.05) is 98.9 Å². The maximum Gasteiger partial charge on any atom is 0.533 e. The first-order valence-electron chi connectivity index (χ1n) is 29.7. The van der Waals surface area contributed by atoms with E-state index in [1.54, 1.807) is 0 Å². The van der Waals surface area contributed by atoms with Crippen LogP contribution in [0.15, 0.2) is 0 Å². The van der Waals surface area contributed by atoms with Gasteiger partial charge in [0.2, 0.25) is 0 Å². The minimum atomic E-state index is -0.978. The molecule has 4 unspecified atom stereocenters. The van der Waals surface area contributed by atoms with Crippen molar-refractivity contribution in [3.05, 3.63) is 0 Å². The third kappa shape index (κ3) is 21.7. The van der Waals surface area contributed by atoms with Gasteiger partial charge in [0.15, 0.2) is 0 Å². The molecule has 1 heterocycles. The second-order valence-corrected chi connectivity index (χ2v) is 22.0. The summed E-state index contributed by atoms with van der Waals surface area (Å²) in [5.74, 6) is 31.5. The number of hydrogen-bond donors (Lipinski definition) is 3. The lowest BCUT2D eigenvalue weighted by Crippen LogP contribution is -2.32. The molecule has 12 atom stereocenters. The lowest BCUT2D eigenvalue weighted by atomic mass is 10.1. The third-order valence-corrected chi connectivity index (χ3v) is 16.9. The molecule has 4 N–H and O–H groups in total. The van der Waals surface area contributed by atoms with Gasteiger partial charge in [0.05, 0.1) is 72.7 Å². The van der Waals surface area contributed by atoms with Crippen molar-refractivity contribution in [1.82, 2.24) is 15.7 Å². The van der Waals surface area contributed by atoms with Gasteiger partial charge in [-0.05, 0) is 129 Å². The molecule has 80 heavy (non-hydrogen) atoms. The van der Waals surface area contributed by atoms with E-state index in [4.69, 9.17) is 43.6 Å². The molecule has 19 heteroatoms. The molecule has 1 saturated heterocycles. The highest BCUT2D eigenvalue weighted by Gasteiger charge is 2.52. The molecular formula is C61H86N4O15. The van der Waals surface area contributed by atoms with E-state index < -0.39 is 18.0 Å². The Labute approximate surface area is 473 Å². The maximum absolute atomic E-state index is 12.0. The van der Waals surface area contributed by atoms with Crippen molar-refractivity contribution in [3.8, 4) is 47.4 Å². The molecule has 9 rings (SSSR count). The van der Waals surface area contributed by atoms with E-state index in [2.05, 4.69) is 62.8 Å². The Kier molecular flexibility index (Phi) is 26.9. The van der Waals surface area contributed by atoms with Crippen LogP contribution in [0.1, 0.15) is 128 Å². The number of carbonyl (C=O) groups is 6. The normalized spacial score (nSPS) is 28.7. The SMILES string of the molecule is NCCOCCOCCNC(=O)OCC1[C@H]2CCC#CCC[C@@H]12.O=C(CCCOCCOCCNC(=O)OCC1[C@H]2CCC#CCC[C@@H]12)OCC1[C@H]2CCC#CCC[C@@H]12.O=C(OCC1[C@H]2CCC#CCC[C@@H]12)ON1C(=O)CCC1=O. The quantitative estimate of drug-likeness (QED) is 0.0254. The van der Waals surface area contributed by atoms with Crippen LogP contribution in [0.4, 0.5) is 14.4 Å². The molecular weight excluding hydrogens is 1030 g/mol. The first kappa shape index (κ1) is 62.1. The van der Waals surface area contributed by atoms with Crippen molar-refractivity contribution in [2.45, 2.75) is 128 Å². The number of rotatable bonds is 27. The zero-order chi connectivity index (χ0) is 56.2. The topological polar surface area (TPSA) is 239 Å². The minimum absolute atomic E-state index is 0.0822. The molecule has 0 aromatic carbocycles. The van der Waals surface area contributed by atoms with Crippen LogP contribution >= 0.6 is 0 Å². The van der Waals surface area contributed by atoms with E-state index >= 15 is 0 Å². The zero-order valence-electron chi connectivity index (χ0n) is 46.8. The fraction of sp³-hybridized carbons (Fsp3) is 0.770. The molecule has 0 radical (unpaired) electrons. The number of amides is 4. The molecule has 0 aromatic heterocycles. The Morgan fingerprint density at radius 2 is 0.762 bits per heavy atom. The Balaban J connectivity index is 0.000000182. The monoisotopic (exact) mass is 1110 g/mol. The predicted octanol–water partition coefficient (Wildman–Crippen LogP) is 6.74. The Bertz CT molecular complexity index is 2130. The molecule has 4 amide bonds. The van der Waals surface area contributed by atoms with Gasteiger partial charge in [0, 0.05) is 96.9 Å². The van der Waals surface area contributed by atoms with Gasteiger partial charge in [-0.15, -0.1) is 47.4 Å². The largest absolute Gasteiger partial charge is 0.533 e. The fourth-order valence-corrected chi connectivity index (χ4v) is 12.3. The number of fused-ring (bicyclic) bond motifs is 4. The first-order chi connectivity index (χ1) is 39.2. The van der Waals surface area contributed by atoms with Crippen LogP contribution in [-0.2, 0) is 57.1 Å². The number of carbonyl (C=O) groups excluding carboxylic acids is 6. The number of ether oxygens (including phenoxy) is 8. The average molecular weight is 1120 g/mol. The third-order valence-electron chi connectivity index (χ3n) is 16.9. The first-order valence-corrected chi connectivity index (χ1v) is 29.7. The number of imide groups is 1. The van der Waals surface area contributed by atoms with E-state index in [1.165, 1.54) is 0 Å². The van der Waals surface area contributed by atoms with Gasteiger partial charge in [0.25, 0.3) is 11.8 Å². The number of alkyl carbamates (subject to hydrolysis) is 2. The van der Waals surface area contributed by atoms with E-state index in [-0.39, 0.29) is 37.6 Å². The average Bonchev–Trinajstić information content (AvgIpc) is 4.42. The standard InChI is InChI=1S/C29H41NO6.C17H28N2O4.C15H17NO5/c31-28(35-20-26-22-10-5-1-2-6-11-23(22)26)14-9-16-33-18-19-34-17-15-30-29(32)36-21-27-24-12-7-3-4-8-13-25(24)27;18-7-9-21-11-12-22-10-8-19-17(20)23-13-16-14-5-3-1-2-4-6-15(14)16;17-13-7-8-14(18)16(13)21-15(19)20-9-12-10-5-3-1-2-4-6-11(10)12/h22-27H,5-21H2,(H,30,32);14-16H,3-13,18H2,(H,19,20);10-12H,3-9H2/t22-,23+,24-,25+,26?,27?;14-,15+,16?;10-,11+,12?. The van der Waals surface area contributed by atoms with Crippen LogP contribution in [0.3, 0.4) is 0 Å². The van der Waals surface area contributed by atoms with Crippen LogP contribution in [0.2, 0.25) is 0 Å². The Hall–Kier alpha value is -5.54. The van der Waals surface area contributed by atoms with Gasteiger partial charge in [-0.2, -0.15) is 0 Å². The second-order valence-electron chi connectivity index (χ2n) is 22.0. The molecule has 0 spiro atoms. The van der Waals surface area contributed by atoms with Crippen LogP contribution in [0.25, 0.3) is 0 Å². The summed E-state index contributed by atoms with van der Waals surface area (Å²) in [7, 11) is 0. The van der Waals surface area contributed by atoms with E-state index in [1.807, 2.05) is 0 Å². The second kappa shape index (κ2) is 34.7. The van der Waals surface area contributed by atoms with Crippen LogP contribution < -0.4 is 16.4 Å². The number of nitrogens with two attached hydrogens (primary N) is 1. The van der Waals surface area contributed by atoms with Gasteiger partial charge >= 0.3 is 24.3 Å². The smallest absolute Gasteiger partial charge is 0.465 e. The van der Waals surface area contributed by atoms with Gasteiger partial charge in [-0.25, -0.2) is 14.4 Å². The molecule has 19 nitrogen and oxygen atoms in total.